The Morgan fingerprint density at radius 3 is 2.85 bits per heavy atom. The summed E-state index contributed by atoms with van der Waals surface area (Å²) in [7, 11) is 3.25. The molecule has 0 atom stereocenters. The highest BCUT2D eigenvalue weighted by molar-refractivity contribution is 7.15. The number of carbonyl (C=O) groups is 1. The van der Waals surface area contributed by atoms with E-state index >= 15 is 0 Å². The maximum atomic E-state index is 12.3. The van der Waals surface area contributed by atoms with Crippen LogP contribution in [0.5, 0.6) is 11.5 Å². The molecule has 1 aromatic carbocycles. The molecule has 0 unspecified atom stereocenters. The number of rotatable bonds is 7. The quantitative estimate of drug-likeness (QED) is 0.778. The number of aryl methyl sites for hydroxylation is 1. The normalized spacial score (nSPS) is 14.8. The van der Waals surface area contributed by atoms with E-state index in [2.05, 4.69) is 15.6 Å². The van der Waals surface area contributed by atoms with Gasteiger partial charge in [-0.25, -0.2) is 4.98 Å². The first kappa shape index (κ1) is 18.7. The highest BCUT2D eigenvalue weighted by Crippen LogP contribution is 2.32. The van der Waals surface area contributed by atoms with E-state index in [1.807, 2.05) is 24.4 Å². The summed E-state index contributed by atoms with van der Waals surface area (Å²) in [5.74, 6) is 2.04. The van der Waals surface area contributed by atoms with E-state index in [1.54, 1.807) is 25.6 Å². The number of amides is 1. The number of carbonyl (C=O) groups excluding carboxylic acids is 1. The van der Waals surface area contributed by atoms with Crippen molar-refractivity contribution in [1.82, 2.24) is 10.3 Å². The standard InChI is InChI=1S/C19H25N3O3S/c1-24-15-4-5-16(25-2)14(11-15)3-6-18(23)22-19-21-12-17(26-19)13-7-9-20-10-8-13/h4-5,11-13,20H,3,6-10H2,1-2H3,(H,21,22,23). The average Bonchev–Trinajstić information content (AvgIpc) is 3.15. The number of piperidine rings is 1. The smallest absolute Gasteiger partial charge is 0.226 e. The van der Waals surface area contributed by atoms with E-state index in [0.29, 0.717) is 23.9 Å². The third kappa shape index (κ3) is 4.74. The lowest BCUT2D eigenvalue weighted by atomic mass is 9.97. The molecule has 1 fully saturated rings. The second-order valence-electron chi connectivity index (χ2n) is 6.32. The lowest BCUT2D eigenvalue weighted by Crippen LogP contribution is -2.26. The van der Waals surface area contributed by atoms with E-state index in [1.165, 1.54) is 4.88 Å². The summed E-state index contributed by atoms with van der Waals surface area (Å²) in [5.41, 5.74) is 0.955. The summed E-state index contributed by atoms with van der Waals surface area (Å²) in [5, 5.41) is 6.97. The van der Waals surface area contributed by atoms with Crippen molar-refractivity contribution in [2.45, 2.75) is 31.6 Å². The zero-order valence-electron chi connectivity index (χ0n) is 15.2. The van der Waals surface area contributed by atoms with Crippen LogP contribution >= 0.6 is 11.3 Å². The molecule has 1 saturated heterocycles. The van der Waals surface area contributed by atoms with Crippen molar-refractivity contribution < 1.29 is 14.3 Å². The van der Waals surface area contributed by atoms with E-state index in [4.69, 9.17) is 9.47 Å². The van der Waals surface area contributed by atoms with E-state index in [0.717, 1.165) is 43.0 Å². The molecule has 0 saturated carbocycles. The van der Waals surface area contributed by atoms with Gasteiger partial charge in [0.05, 0.1) is 14.2 Å². The summed E-state index contributed by atoms with van der Waals surface area (Å²) in [4.78, 5) is 17.9. The Kier molecular flexibility index (Phi) is 6.46. The Morgan fingerprint density at radius 2 is 2.12 bits per heavy atom. The largest absolute Gasteiger partial charge is 0.497 e. The number of ether oxygens (including phenoxy) is 2. The van der Waals surface area contributed by atoms with Gasteiger partial charge in [-0.2, -0.15) is 0 Å². The summed E-state index contributed by atoms with van der Waals surface area (Å²) in [6.07, 6.45) is 5.11. The summed E-state index contributed by atoms with van der Waals surface area (Å²) in [6, 6.07) is 5.61. The zero-order chi connectivity index (χ0) is 18.4. The van der Waals surface area contributed by atoms with Gasteiger partial charge in [0.2, 0.25) is 5.91 Å². The fourth-order valence-electron chi connectivity index (χ4n) is 3.15. The molecule has 7 heteroatoms. The van der Waals surface area contributed by atoms with Crippen molar-refractivity contribution >= 4 is 22.4 Å². The summed E-state index contributed by atoms with van der Waals surface area (Å²) in [6.45, 7) is 2.10. The molecule has 140 valence electrons. The van der Waals surface area contributed by atoms with Crippen molar-refractivity contribution in [1.29, 1.82) is 0 Å². The maximum absolute atomic E-state index is 12.3. The van der Waals surface area contributed by atoms with Gasteiger partial charge in [0.1, 0.15) is 11.5 Å². The number of benzene rings is 1. The molecule has 1 aromatic heterocycles. The molecule has 1 amide bonds. The van der Waals surface area contributed by atoms with Crippen LogP contribution in [0.1, 0.15) is 35.6 Å². The van der Waals surface area contributed by atoms with Gasteiger partial charge in [0.25, 0.3) is 0 Å². The predicted molar refractivity (Wildman–Crippen MR) is 103 cm³/mol. The number of nitrogens with one attached hydrogen (secondary N) is 2. The lowest BCUT2D eigenvalue weighted by Gasteiger charge is -2.20. The number of anilines is 1. The molecule has 2 heterocycles. The molecule has 26 heavy (non-hydrogen) atoms. The molecule has 3 rings (SSSR count). The van der Waals surface area contributed by atoms with Gasteiger partial charge in [-0.1, -0.05) is 0 Å². The minimum Gasteiger partial charge on any atom is -0.497 e. The molecule has 6 nitrogen and oxygen atoms in total. The van der Waals surface area contributed by atoms with Crippen molar-refractivity contribution in [3.63, 3.8) is 0 Å². The van der Waals surface area contributed by atoms with Gasteiger partial charge >= 0.3 is 0 Å². The number of methoxy groups -OCH3 is 2. The van der Waals surface area contributed by atoms with Crippen LogP contribution in [0.4, 0.5) is 5.13 Å². The van der Waals surface area contributed by atoms with Gasteiger partial charge in [0.15, 0.2) is 5.13 Å². The van der Waals surface area contributed by atoms with Crippen LogP contribution in [0.2, 0.25) is 0 Å². The van der Waals surface area contributed by atoms with Crippen LogP contribution in [0, 0.1) is 0 Å². The Labute approximate surface area is 157 Å². The van der Waals surface area contributed by atoms with Crippen molar-refractivity contribution in [2.75, 3.05) is 32.6 Å². The molecule has 2 N–H and O–H groups in total. The Morgan fingerprint density at radius 1 is 1.31 bits per heavy atom. The maximum Gasteiger partial charge on any atom is 0.226 e. The third-order valence-corrected chi connectivity index (χ3v) is 5.70. The molecule has 0 radical (unpaired) electrons. The first-order valence-electron chi connectivity index (χ1n) is 8.87. The van der Waals surface area contributed by atoms with E-state index in [-0.39, 0.29) is 5.91 Å². The van der Waals surface area contributed by atoms with Gasteiger partial charge in [-0.05, 0) is 62.0 Å². The second-order valence-corrected chi connectivity index (χ2v) is 7.38. The van der Waals surface area contributed by atoms with Gasteiger partial charge < -0.3 is 20.1 Å². The fourth-order valence-corrected chi connectivity index (χ4v) is 4.15. The van der Waals surface area contributed by atoms with Gasteiger partial charge in [-0.3, -0.25) is 4.79 Å². The summed E-state index contributed by atoms with van der Waals surface area (Å²) < 4.78 is 10.6. The highest BCUT2D eigenvalue weighted by atomic mass is 32.1. The molecule has 1 aliphatic rings. The second kappa shape index (κ2) is 9.00. The summed E-state index contributed by atoms with van der Waals surface area (Å²) >= 11 is 1.59. The molecule has 0 bridgehead atoms. The predicted octanol–water partition coefficient (Wildman–Crippen LogP) is 3.20. The number of nitrogens with zero attached hydrogens (tertiary/aromatic N) is 1. The molecule has 2 aromatic rings. The number of aromatic nitrogens is 1. The fraction of sp³-hybridized carbons (Fsp3) is 0.474. The van der Waals surface area contributed by atoms with Crippen molar-refractivity contribution in [2.24, 2.45) is 0 Å². The molecule has 1 aliphatic heterocycles. The van der Waals surface area contributed by atoms with Crippen LogP contribution in [0.25, 0.3) is 0 Å². The highest BCUT2D eigenvalue weighted by Gasteiger charge is 2.18. The van der Waals surface area contributed by atoms with Gasteiger partial charge in [-0.15, -0.1) is 11.3 Å². The number of hydrogen-bond donors (Lipinski definition) is 2. The SMILES string of the molecule is COc1ccc(OC)c(CCC(=O)Nc2ncc(C3CCNCC3)s2)c1. The van der Waals surface area contributed by atoms with Gasteiger partial charge in [0, 0.05) is 17.5 Å². The van der Waals surface area contributed by atoms with Crippen molar-refractivity contribution in [3.05, 3.63) is 34.8 Å². The van der Waals surface area contributed by atoms with E-state index in [9.17, 15) is 4.79 Å². The first-order chi connectivity index (χ1) is 12.7. The molecule has 0 spiro atoms. The van der Waals surface area contributed by atoms with Crippen LogP contribution in [0.3, 0.4) is 0 Å². The number of hydrogen-bond acceptors (Lipinski definition) is 6. The first-order valence-corrected chi connectivity index (χ1v) is 9.68. The third-order valence-electron chi connectivity index (χ3n) is 4.62. The molecule has 0 aliphatic carbocycles. The minimum absolute atomic E-state index is 0.0407. The molecular formula is C19H25N3O3S. The van der Waals surface area contributed by atoms with E-state index < -0.39 is 0 Å². The van der Waals surface area contributed by atoms with Crippen LogP contribution < -0.4 is 20.1 Å². The lowest BCUT2D eigenvalue weighted by molar-refractivity contribution is -0.116. The Balaban J connectivity index is 1.55. The monoisotopic (exact) mass is 375 g/mol. The van der Waals surface area contributed by atoms with Crippen LogP contribution in [-0.2, 0) is 11.2 Å². The average molecular weight is 375 g/mol. The minimum atomic E-state index is -0.0407. The zero-order valence-corrected chi connectivity index (χ0v) is 16.0. The molecular weight excluding hydrogens is 350 g/mol. The van der Waals surface area contributed by atoms with Crippen LogP contribution in [-0.4, -0.2) is 38.2 Å². The topological polar surface area (TPSA) is 72.5 Å². The Hall–Kier alpha value is -2.12. The van der Waals surface area contributed by atoms with Crippen molar-refractivity contribution in [3.8, 4) is 11.5 Å². The number of thiazole rings is 1. The van der Waals surface area contributed by atoms with Crippen LogP contribution in [0.15, 0.2) is 24.4 Å². The Bertz CT molecular complexity index is 741.